The summed E-state index contributed by atoms with van der Waals surface area (Å²) < 4.78 is 45.8. The third-order valence-corrected chi connectivity index (χ3v) is 7.81. The summed E-state index contributed by atoms with van der Waals surface area (Å²) in [6.07, 6.45) is 0.479. The molecule has 3 heterocycles. The Bertz CT molecular complexity index is 1310. The fraction of sp³-hybridized carbons (Fsp3) is 0.481. The zero-order chi connectivity index (χ0) is 28.1. The van der Waals surface area contributed by atoms with Crippen LogP contribution in [0.4, 0.5) is 18.9 Å². The van der Waals surface area contributed by atoms with Gasteiger partial charge in [-0.05, 0) is 24.1 Å². The average Bonchev–Trinajstić information content (AvgIpc) is 3.20. The summed E-state index contributed by atoms with van der Waals surface area (Å²) in [6, 6.07) is 5.91. The first kappa shape index (κ1) is 29.3. The predicted octanol–water partition coefficient (Wildman–Crippen LogP) is 6.63. The lowest BCUT2D eigenvalue weighted by Crippen LogP contribution is -2.35. The van der Waals surface area contributed by atoms with Crippen molar-refractivity contribution in [3.05, 3.63) is 42.5 Å². The summed E-state index contributed by atoms with van der Waals surface area (Å²) in [4.78, 5) is 21.4. The van der Waals surface area contributed by atoms with Crippen molar-refractivity contribution in [3.8, 4) is 17.2 Å². The van der Waals surface area contributed by atoms with Crippen LogP contribution in [0.2, 0.25) is 25.7 Å². The van der Waals surface area contributed by atoms with Crippen molar-refractivity contribution in [1.29, 1.82) is 5.26 Å². The average molecular weight is 546 g/mol. The number of hydrogen-bond acceptors (Lipinski definition) is 6. The molecule has 204 valence electrons. The van der Waals surface area contributed by atoms with Crippen LogP contribution in [-0.2, 0) is 16.3 Å². The van der Waals surface area contributed by atoms with E-state index >= 15 is 0 Å². The van der Waals surface area contributed by atoms with Gasteiger partial charge in [0.15, 0.2) is 5.78 Å². The number of Topliss-reactive ketones (excluding diaryl/α,β-unsaturated/α-hetero) is 1. The van der Waals surface area contributed by atoms with Gasteiger partial charge >= 0.3 is 6.18 Å². The number of ether oxygens (including phenoxy) is 1. The molecule has 0 aromatic carbocycles. The lowest BCUT2D eigenvalue weighted by atomic mass is 9.96. The van der Waals surface area contributed by atoms with Crippen molar-refractivity contribution in [2.24, 2.45) is 5.92 Å². The Hall–Kier alpha value is -3.23. The molecule has 0 aliphatic heterocycles. The number of anilines is 1. The summed E-state index contributed by atoms with van der Waals surface area (Å²) in [7, 11) is -1.24. The van der Waals surface area contributed by atoms with Crippen LogP contribution in [-0.4, -0.2) is 47.2 Å². The van der Waals surface area contributed by atoms with E-state index in [2.05, 4.69) is 41.0 Å². The number of fused-ring (bicyclic) bond motifs is 1. The SMILES string of the molecule is CC(C)C(Nc1cncc(-c2cn(COCC[Si](C)(C)C)c3ncc(C#N)cc23)c1)C(=O)CCC(F)(F)F. The van der Waals surface area contributed by atoms with Gasteiger partial charge in [0, 0.05) is 62.4 Å². The number of carbonyl (C=O) groups excluding carboxylic acids is 1. The molecular weight excluding hydrogens is 511 g/mol. The van der Waals surface area contributed by atoms with Gasteiger partial charge in [-0.1, -0.05) is 33.5 Å². The fourth-order valence-corrected chi connectivity index (χ4v) is 4.74. The maximum absolute atomic E-state index is 12.7. The minimum absolute atomic E-state index is 0.225. The molecule has 38 heavy (non-hydrogen) atoms. The molecule has 0 aliphatic carbocycles. The van der Waals surface area contributed by atoms with Crippen LogP contribution in [0.5, 0.6) is 0 Å². The van der Waals surface area contributed by atoms with Crippen molar-refractivity contribution < 1.29 is 22.7 Å². The number of pyridine rings is 2. The molecule has 11 heteroatoms. The van der Waals surface area contributed by atoms with Gasteiger partial charge in [0.05, 0.1) is 23.7 Å². The van der Waals surface area contributed by atoms with Crippen LogP contribution >= 0.6 is 0 Å². The van der Waals surface area contributed by atoms with E-state index < -0.39 is 38.9 Å². The largest absolute Gasteiger partial charge is 0.389 e. The zero-order valence-electron chi connectivity index (χ0n) is 22.4. The number of halogens is 3. The molecule has 3 rings (SSSR count). The Labute approximate surface area is 222 Å². The topological polar surface area (TPSA) is 92.8 Å². The highest BCUT2D eigenvalue weighted by Crippen LogP contribution is 2.32. The molecule has 3 aromatic rings. The lowest BCUT2D eigenvalue weighted by molar-refractivity contribution is -0.143. The summed E-state index contributed by atoms with van der Waals surface area (Å²) in [5, 5.41) is 13.2. The highest BCUT2D eigenvalue weighted by atomic mass is 28.3. The third kappa shape index (κ3) is 8.13. The molecule has 0 spiro atoms. The number of rotatable bonds is 12. The molecule has 0 aliphatic rings. The zero-order valence-corrected chi connectivity index (χ0v) is 23.4. The number of hydrogen-bond donors (Lipinski definition) is 1. The van der Waals surface area contributed by atoms with Crippen LogP contribution in [0.15, 0.2) is 36.9 Å². The molecule has 0 bridgehead atoms. The summed E-state index contributed by atoms with van der Waals surface area (Å²) in [5.74, 6) is -0.727. The first-order valence-electron chi connectivity index (χ1n) is 12.6. The minimum Gasteiger partial charge on any atom is -0.374 e. The van der Waals surface area contributed by atoms with Gasteiger partial charge < -0.3 is 14.6 Å². The number of aromatic nitrogens is 3. The van der Waals surface area contributed by atoms with E-state index in [4.69, 9.17) is 4.74 Å². The van der Waals surface area contributed by atoms with Crippen molar-refractivity contribution in [3.63, 3.8) is 0 Å². The molecule has 0 fully saturated rings. The Morgan fingerprint density at radius 3 is 2.58 bits per heavy atom. The Balaban J connectivity index is 1.89. The summed E-state index contributed by atoms with van der Waals surface area (Å²) in [5.41, 5.74) is 3.07. The van der Waals surface area contributed by atoms with Crippen molar-refractivity contribution in [1.82, 2.24) is 14.5 Å². The van der Waals surface area contributed by atoms with E-state index in [0.29, 0.717) is 35.8 Å². The van der Waals surface area contributed by atoms with E-state index in [-0.39, 0.29) is 5.92 Å². The van der Waals surface area contributed by atoms with Gasteiger partial charge in [0.25, 0.3) is 0 Å². The van der Waals surface area contributed by atoms with E-state index in [1.165, 1.54) is 12.4 Å². The van der Waals surface area contributed by atoms with Gasteiger partial charge in [-0.2, -0.15) is 18.4 Å². The van der Waals surface area contributed by atoms with Crippen LogP contribution < -0.4 is 5.32 Å². The number of nitrogens with one attached hydrogen (secondary N) is 1. The standard InChI is InChI=1S/C27H34F3N5O2Si/c1-18(2)25(24(36)6-7-27(28,29)30)34-21-11-20(14-32-15-21)23-16-35(17-37-8-9-38(3,4)5)26-22(23)10-19(12-31)13-33-26/h10-11,13-16,18,25,34H,6-9,17H2,1-5H3. The van der Waals surface area contributed by atoms with E-state index in [1.807, 2.05) is 10.8 Å². The van der Waals surface area contributed by atoms with Gasteiger partial charge in [0.1, 0.15) is 18.4 Å². The van der Waals surface area contributed by atoms with Crippen molar-refractivity contribution in [2.75, 3.05) is 11.9 Å². The molecule has 0 radical (unpaired) electrons. The smallest absolute Gasteiger partial charge is 0.374 e. The van der Waals surface area contributed by atoms with Crippen molar-refractivity contribution >= 4 is 30.6 Å². The maximum atomic E-state index is 12.7. The van der Waals surface area contributed by atoms with Crippen LogP contribution in [0.1, 0.15) is 32.3 Å². The van der Waals surface area contributed by atoms with Crippen molar-refractivity contribution in [2.45, 2.75) is 71.3 Å². The Morgan fingerprint density at radius 1 is 1.21 bits per heavy atom. The number of ketones is 1. The molecule has 0 saturated carbocycles. The van der Waals surface area contributed by atoms with Gasteiger partial charge in [-0.15, -0.1) is 0 Å². The Kier molecular flexibility index (Phi) is 9.33. The monoisotopic (exact) mass is 545 g/mol. The number of carbonyl (C=O) groups is 1. The fourth-order valence-electron chi connectivity index (χ4n) is 3.99. The molecular formula is C27H34F3N5O2Si. The molecule has 1 N–H and O–H groups in total. The van der Waals surface area contributed by atoms with Crippen LogP contribution in [0, 0.1) is 17.2 Å². The van der Waals surface area contributed by atoms with Gasteiger partial charge in [0.2, 0.25) is 0 Å². The second-order valence-corrected chi connectivity index (χ2v) is 16.6. The maximum Gasteiger partial charge on any atom is 0.389 e. The molecule has 1 atom stereocenters. The van der Waals surface area contributed by atoms with Gasteiger partial charge in [-0.3, -0.25) is 9.78 Å². The van der Waals surface area contributed by atoms with E-state index in [1.54, 1.807) is 32.2 Å². The number of nitrogens with zero attached hydrogens (tertiary/aromatic N) is 4. The lowest BCUT2D eigenvalue weighted by Gasteiger charge is -2.22. The van der Waals surface area contributed by atoms with Crippen LogP contribution in [0.25, 0.3) is 22.2 Å². The first-order chi connectivity index (χ1) is 17.8. The normalized spacial score (nSPS) is 13.1. The highest BCUT2D eigenvalue weighted by molar-refractivity contribution is 6.76. The number of nitriles is 1. The second-order valence-electron chi connectivity index (χ2n) is 11.0. The number of alkyl halides is 3. The summed E-state index contributed by atoms with van der Waals surface area (Å²) in [6.45, 7) is 11.4. The summed E-state index contributed by atoms with van der Waals surface area (Å²) >= 11 is 0. The molecule has 0 saturated heterocycles. The first-order valence-corrected chi connectivity index (χ1v) is 16.3. The van der Waals surface area contributed by atoms with E-state index in [9.17, 15) is 23.2 Å². The Morgan fingerprint density at radius 2 is 1.95 bits per heavy atom. The predicted molar refractivity (Wildman–Crippen MR) is 144 cm³/mol. The molecule has 1 unspecified atom stereocenters. The molecule has 7 nitrogen and oxygen atoms in total. The molecule has 0 amide bonds. The van der Waals surface area contributed by atoms with Crippen LogP contribution in [0.3, 0.4) is 0 Å². The quantitative estimate of drug-likeness (QED) is 0.203. The minimum atomic E-state index is -4.39. The third-order valence-electron chi connectivity index (χ3n) is 6.11. The second kappa shape index (κ2) is 12.1. The molecule has 3 aromatic heterocycles. The van der Waals surface area contributed by atoms with E-state index in [0.717, 1.165) is 17.0 Å². The highest BCUT2D eigenvalue weighted by Gasteiger charge is 2.31. The van der Waals surface area contributed by atoms with Gasteiger partial charge in [-0.25, -0.2) is 4.98 Å².